The molecule has 2 aromatic rings. The molecule has 1 saturated carbocycles. The van der Waals surface area contributed by atoms with Crippen molar-refractivity contribution in [1.82, 2.24) is 15.3 Å². The molecule has 29 heavy (non-hydrogen) atoms. The van der Waals surface area contributed by atoms with E-state index in [1.54, 1.807) is 12.1 Å². The van der Waals surface area contributed by atoms with Gasteiger partial charge in [-0.15, -0.1) is 0 Å². The third kappa shape index (κ3) is 4.32. The van der Waals surface area contributed by atoms with Crippen molar-refractivity contribution in [3.63, 3.8) is 0 Å². The summed E-state index contributed by atoms with van der Waals surface area (Å²) in [4.78, 5) is 23.0. The van der Waals surface area contributed by atoms with Gasteiger partial charge in [0, 0.05) is 25.2 Å². The van der Waals surface area contributed by atoms with Crippen molar-refractivity contribution in [1.29, 1.82) is 0 Å². The number of amides is 1. The van der Waals surface area contributed by atoms with Crippen LogP contribution in [0, 0.1) is 5.95 Å². The molecule has 0 spiro atoms. The van der Waals surface area contributed by atoms with Crippen molar-refractivity contribution in [3.8, 4) is 5.75 Å². The van der Waals surface area contributed by atoms with Crippen molar-refractivity contribution in [2.75, 3.05) is 25.1 Å². The van der Waals surface area contributed by atoms with E-state index in [2.05, 4.69) is 15.3 Å². The number of likely N-dealkylation sites (N-methyl/N-ethyl adjacent to an activating group) is 1. The third-order valence-electron chi connectivity index (χ3n) is 5.53. The number of aliphatic hydroxyl groups excluding tert-OH is 1. The number of nitrogens with one attached hydrogen (secondary N) is 1. The van der Waals surface area contributed by atoms with Crippen LogP contribution >= 0.6 is 0 Å². The lowest BCUT2D eigenvalue weighted by Gasteiger charge is -2.30. The second kappa shape index (κ2) is 8.32. The molecular weight excluding hydrogens is 375 g/mol. The summed E-state index contributed by atoms with van der Waals surface area (Å²) in [6.07, 6.45) is 4.68. The second-order valence-corrected chi connectivity index (χ2v) is 7.68. The van der Waals surface area contributed by atoms with Gasteiger partial charge in [0.2, 0.25) is 5.95 Å². The fourth-order valence-electron chi connectivity index (χ4n) is 3.92. The Kier molecular flexibility index (Phi) is 5.62. The molecule has 4 rings (SSSR count). The Morgan fingerprint density at radius 2 is 2.21 bits per heavy atom. The standard InChI is InChI=1S/C21H25FN4O3/c1-26-8-9-29-19-14(10-13-6-7-23-18(22)11-13)12-16(24-20(19)26)21(28)25-15-4-2-3-5-17(15)27/h6-7,11-12,15,17,27H,2-5,8-10H2,1H3,(H,25,28)/t15-,17-/m0/s1. The molecule has 1 aliphatic heterocycles. The van der Waals surface area contributed by atoms with Gasteiger partial charge in [0.05, 0.1) is 18.7 Å². The number of hydrogen-bond acceptors (Lipinski definition) is 6. The minimum absolute atomic E-state index is 0.263. The van der Waals surface area contributed by atoms with Crippen molar-refractivity contribution in [2.45, 2.75) is 44.2 Å². The average molecular weight is 400 g/mol. The molecule has 3 heterocycles. The number of carbonyl (C=O) groups excluding carboxylic acids is 1. The first-order valence-electron chi connectivity index (χ1n) is 9.98. The van der Waals surface area contributed by atoms with Gasteiger partial charge in [-0.05, 0) is 36.6 Å². The van der Waals surface area contributed by atoms with Gasteiger partial charge in [0.25, 0.3) is 5.91 Å². The maximum Gasteiger partial charge on any atom is 0.270 e. The monoisotopic (exact) mass is 400 g/mol. The molecule has 154 valence electrons. The Morgan fingerprint density at radius 3 is 3.00 bits per heavy atom. The minimum atomic E-state index is -0.548. The van der Waals surface area contributed by atoms with E-state index >= 15 is 0 Å². The third-order valence-corrected chi connectivity index (χ3v) is 5.53. The highest BCUT2D eigenvalue weighted by Gasteiger charge is 2.28. The maximum atomic E-state index is 13.5. The quantitative estimate of drug-likeness (QED) is 0.764. The molecule has 2 aliphatic rings. The fourth-order valence-corrected chi connectivity index (χ4v) is 3.92. The van der Waals surface area contributed by atoms with Crippen LogP contribution in [0.2, 0.25) is 0 Å². The Balaban J connectivity index is 1.65. The highest BCUT2D eigenvalue weighted by atomic mass is 19.1. The zero-order valence-corrected chi connectivity index (χ0v) is 16.4. The average Bonchev–Trinajstić information content (AvgIpc) is 2.70. The summed E-state index contributed by atoms with van der Waals surface area (Å²) in [6, 6.07) is 4.54. The van der Waals surface area contributed by atoms with Gasteiger partial charge in [-0.25, -0.2) is 9.97 Å². The number of ether oxygens (including phenoxy) is 1. The van der Waals surface area contributed by atoms with Crippen LogP contribution < -0.4 is 15.0 Å². The topological polar surface area (TPSA) is 87.6 Å². The first kappa shape index (κ1) is 19.6. The highest BCUT2D eigenvalue weighted by molar-refractivity contribution is 5.93. The Hall–Kier alpha value is -2.74. The van der Waals surface area contributed by atoms with Gasteiger partial charge in [-0.2, -0.15) is 4.39 Å². The summed E-state index contributed by atoms with van der Waals surface area (Å²) in [7, 11) is 1.90. The SMILES string of the molecule is CN1CCOc2c(Cc3ccnc(F)c3)cc(C(=O)N[C@H]3CCCC[C@@H]3O)nc21. The van der Waals surface area contributed by atoms with Crippen molar-refractivity contribution in [3.05, 3.63) is 47.2 Å². The lowest BCUT2D eigenvalue weighted by Crippen LogP contribution is -2.45. The highest BCUT2D eigenvalue weighted by Crippen LogP contribution is 2.34. The molecule has 1 aliphatic carbocycles. The van der Waals surface area contributed by atoms with E-state index in [1.165, 1.54) is 12.3 Å². The molecule has 1 fully saturated rings. The van der Waals surface area contributed by atoms with E-state index in [9.17, 15) is 14.3 Å². The van der Waals surface area contributed by atoms with Crippen molar-refractivity contribution < 1.29 is 19.0 Å². The lowest BCUT2D eigenvalue weighted by molar-refractivity contribution is 0.0713. The van der Waals surface area contributed by atoms with Crippen LogP contribution in [0.3, 0.4) is 0 Å². The zero-order chi connectivity index (χ0) is 20.4. The molecule has 8 heteroatoms. The van der Waals surface area contributed by atoms with Gasteiger partial charge >= 0.3 is 0 Å². The number of aromatic nitrogens is 2. The summed E-state index contributed by atoms with van der Waals surface area (Å²) in [6.45, 7) is 1.18. The molecule has 2 aromatic heterocycles. The van der Waals surface area contributed by atoms with Crippen molar-refractivity contribution in [2.24, 2.45) is 0 Å². The molecule has 0 unspecified atom stereocenters. The number of aliphatic hydroxyl groups is 1. The number of pyridine rings is 2. The van der Waals surface area contributed by atoms with Gasteiger partial charge in [0.1, 0.15) is 12.3 Å². The Labute approximate surface area is 168 Å². The van der Waals surface area contributed by atoms with Crippen LogP contribution in [0.5, 0.6) is 5.75 Å². The summed E-state index contributed by atoms with van der Waals surface area (Å²) in [5.41, 5.74) is 1.77. The van der Waals surface area contributed by atoms with E-state index in [0.29, 0.717) is 37.6 Å². The molecule has 7 nitrogen and oxygen atoms in total. The van der Waals surface area contributed by atoms with Crippen LogP contribution in [0.4, 0.5) is 10.2 Å². The van der Waals surface area contributed by atoms with Gasteiger partial charge in [-0.3, -0.25) is 4.79 Å². The Bertz CT molecular complexity index is 907. The molecule has 0 aromatic carbocycles. The number of halogens is 1. The first-order valence-corrected chi connectivity index (χ1v) is 9.98. The molecule has 0 radical (unpaired) electrons. The maximum absolute atomic E-state index is 13.5. The normalized spacial score (nSPS) is 21.3. The zero-order valence-electron chi connectivity index (χ0n) is 16.4. The number of fused-ring (bicyclic) bond motifs is 1. The smallest absolute Gasteiger partial charge is 0.270 e. The largest absolute Gasteiger partial charge is 0.488 e. The van der Waals surface area contributed by atoms with Crippen LogP contribution in [-0.2, 0) is 6.42 Å². The summed E-state index contributed by atoms with van der Waals surface area (Å²) >= 11 is 0. The van der Waals surface area contributed by atoms with Crippen LogP contribution in [0.15, 0.2) is 24.4 Å². The molecule has 2 N–H and O–H groups in total. The molecule has 0 bridgehead atoms. The van der Waals surface area contributed by atoms with E-state index < -0.39 is 12.1 Å². The second-order valence-electron chi connectivity index (χ2n) is 7.68. The van der Waals surface area contributed by atoms with E-state index in [1.807, 2.05) is 11.9 Å². The van der Waals surface area contributed by atoms with Crippen LogP contribution in [0.1, 0.15) is 47.3 Å². The number of rotatable bonds is 4. The number of nitrogens with zero attached hydrogens (tertiary/aromatic N) is 3. The van der Waals surface area contributed by atoms with E-state index in [-0.39, 0.29) is 17.6 Å². The lowest BCUT2D eigenvalue weighted by atomic mass is 9.92. The summed E-state index contributed by atoms with van der Waals surface area (Å²) < 4.78 is 19.4. The van der Waals surface area contributed by atoms with Gasteiger partial charge in [-0.1, -0.05) is 12.8 Å². The first-order chi connectivity index (χ1) is 14.0. The summed E-state index contributed by atoms with van der Waals surface area (Å²) in [5, 5.41) is 13.1. The number of carbonyl (C=O) groups is 1. The minimum Gasteiger partial charge on any atom is -0.488 e. The number of anilines is 1. The molecule has 1 amide bonds. The predicted molar refractivity (Wildman–Crippen MR) is 106 cm³/mol. The van der Waals surface area contributed by atoms with Crippen LogP contribution in [0.25, 0.3) is 0 Å². The predicted octanol–water partition coefficient (Wildman–Crippen LogP) is 2.07. The van der Waals surface area contributed by atoms with E-state index in [0.717, 1.165) is 30.4 Å². The molecule has 2 atom stereocenters. The molecular formula is C21H25FN4O3. The Morgan fingerprint density at radius 1 is 1.38 bits per heavy atom. The fraction of sp³-hybridized carbons (Fsp3) is 0.476. The molecule has 0 saturated heterocycles. The van der Waals surface area contributed by atoms with Gasteiger partial charge < -0.3 is 20.1 Å². The van der Waals surface area contributed by atoms with E-state index in [4.69, 9.17) is 4.74 Å². The number of hydrogen-bond donors (Lipinski definition) is 2. The van der Waals surface area contributed by atoms with Gasteiger partial charge in [0.15, 0.2) is 11.6 Å². The summed E-state index contributed by atoms with van der Waals surface area (Å²) in [5.74, 6) is 0.343. The van der Waals surface area contributed by atoms with Crippen LogP contribution in [-0.4, -0.2) is 53.3 Å². The van der Waals surface area contributed by atoms with Crippen molar-refractivity contribution >= 4 is 11.7 Å².